The topological polar surface area (TPSA) is 47.3 Å². The fraction of sp³-hybridized carbons (Fsp3) is 0.800. The highest BCUT2D eigenvalue weighted by Crippen LogP contribution is 2.20. The van der Waals surface area contributed by atoms with Crippen molar-refractivity contribution in [1.29, 1.82) is 0 Å². The maximum atomic E-state index is 5.65. The average molecular weight is 266 g/mol. The van der Waals surface area contributed by atoms with Gasteiger partial charge in [-0.15, -0.1) is 0 Å². The van der Waals surface area contributed by atoms with E-state index in [9.17, 15) is 0 Å². The van der Waals surface area contributed by atoms with Crippen molar-refractivity contribution in [3.63, 3.8) is 0 Å². The molecule has 19 heavy (non-hydrogen) atoms. The Kier molecular flexibility index (Phi) is 5.70. The summed E-state index contributed by atoms with van der Waals surface area (Å²) in [6.07, 6.45) is 9.57. The van der Waals surface area contributed by atoms with Crippen LogP contribution >= 0.6 is 0 Å². The minimum Gasteiger partial charge on any atom is -0.450 e. The van der Waals surface area contributed by atoms with Crippen molar-refractivity contribution in [2.45, 2.75) is 65.0 Å². The van der Waals surface area contributed by atoms with Gasteiger partial charge in [-0.05, 0) is 25.2 Å². The van der Waals surface area contributed by atoms with E-state index in [1.165, 1.54) is 32.1 Å². The Hall–Kier alpha value is -1.03. The van der Waals surface area contributed by atoms with Crippen molar-refractivity contribution in [3.05, 3.63) is 12.0 Å². The van der Waals surface area contributed by atoms with Crippen LogP contribution in [0.3, 0.4) is 0 Å². The van der Waals surface area contributed by atoms with Gasteiger partial charge in [0.15, 0.2) is 0 Å². The summed E-state index contributed by atoms with van der Waals surface area (Å²) in [5.74, 6) is 0.611. The number of aromatic nitrogens is 1. The van der Waals surface area contributed by atoms with Crippen LogP contribution in [0.2, 0.25) is 0 Å². The summed E-state index contributed by atoms with van der Waals surface area (Å²) in [5, 5.41) is 3.41. The molecule has 1 aliphatic carbocycles. The first kappa shape index (κ1) is 14.4. The van der Waals surface area contributed by atoms with E-state index in [0.717, 1.165) is 18.7 Å². The van der Waals surface area contributed by atoms with Crippen molar-refractivity contribution in [2.24, 2.45) is 5.92 Å². The first-order chi connectivity index (χ1) is 9.31. The molecule has 4 heteroatoms. The van der Waals surface area contributed by atoms with Crippen LogP contribution in [0.1, 0.15) is 58.1 Å². The molecule has 1 aromatic rings. The van der Waals surface area contributed by atoms with Gasteiger partial charge < -0.3 is 14.5 Å². The highest BCUT2D eigenvalue weighted by atomic mass is 16.6. The Morgan fingerprint density at radius 2 is 2.32 bits per heavy atom. The van der Waals surface area contributed by atoms with E-state index in [-0.39, 0.29) is 0 Å². The van der Waals surface area contributed by atoms with Gasteiger partial charge in [0, 0.05) is 12.6 Å². The summed E-state index contributed by atoms with van der Waals surface area (Å²) < 4.78 is 11.0. The quantitative estimate of drug-likeness (QED) is 0.704. The number of nitrogens with one attached hydrogen (secondary N) is 1. The van der Waals surface area contributed by atoms with E-state index in [4.69, 9.17) is 9.15 Å². The lowest BCUT2D eigenvalue weighted by Crippen LogP contribution is -2.15. The Morgan fingerprint density at radius 3 is 3.00 bits per heavy atom. The number of hydrogen-bond acceptors (Lipinski definition) is 4. The monoisotopic (exact) mass is 266 g/mol. The number of hydrogen-bond donors (Lipinski definition) is 1. The van der Waals surface area contributed by atoms with Gasteiger partial charge in [0.2, 0.25) is 0 Å². The van der Waals surface area contributed by atoms with Crippen LogP contribution in [0.4, 0.5) is 0 Å². The maximum Gasteiger partial charge on any atom is 0.393 e. The second kappa shape index (κ2) is 7.53. The van der Waals surface area contributed by atoms with Crippen LogP contribution in [0.25, 0.3) is 0 Å². The normalized spacial score (nSPS) is 16.5. The Balaban J connectivity index is 1.68. The molecule has 1 heterocycles. The van der Waals surface area contributed by atoms with Gasteiger partial charge in [0.25, 0.3) is 0 Å². The number of nitrogens with zero attached hydrogens (tertiary/aromatic N) is 1. The molecule has 1 unspecified atom stereocenters. The van der Waals surface area contributed by atoms with E-state index in [2.05, 4.69) is 24.1 Å². The first-order valence-electron chi connectivity index (χ1n) is 7.62. The standard InChI is InChI=1S/C15H26N2O2/c1-3-5-6-12(4-2)10-18-15-17-14(11-19-15)9-16-13-7-8-13/h11-13,16H,3-10H2,1-2H3. The van der Waals surface area contributed by atoms with Crippen LogP contribution in [-0.4, -0.2) is 17.6 Å². The fourth-order valence-corrected chi connectivity index (χ4v) is 2.06. The Morgan fingerprint density at radius 1 is 1.47 bits per heavy atom. The minimum atomic E-state index is 0.419. The van der Waals surface area contributed by atoms with Crippen LogP contribution < -0.4 is 10.1 Å². The second-order valence-electron chi connectivity index (χ2n) is 5.49. The highest BCUT2D eigenvalue weighted by Gasteiger charge is 2.20. The molecular formula is C15H26N2O2. The van der Waals surface area contributed by atoms with Crippen LogP contribution in [0.5, 0.6) is 6.08 Å². The van der Waals surface area contributed by atoms with Crippen molar-refractivity contribution in [1.82, 2.24) is 10.3 Å². The van der Waals surface area contributed by atoms with Gasteiger partial charge in [-0.1, -0.05) is 33.1 Å². The molecule has 0 aromatic carbocycles. The summed E-state index contributed by atoms with van der Waals surface area (Å²) in [6.45, 7) is 5.93. The summed E-state index contributed by atoms with van der Waals surface area (Å²) in [7, 11) is 0. The van der Waals surface area contributed by atoms with E-state index in [1.807, 2.05) is 0 Å². The van der Waals surface area contributed by atoms with Crippen LogP contribution in [0.15, 0.2) is 10.7 Å². The van der Waals surface area contributed by atoms with Crippen molar-refractivity contribution < 1.29 is 9.15 Å². The summed E-state index contributed by atoms with van der Waals surface area (Å²) in [4.78, 5) is 4.35. The summed E-state index contributed by atoms with van der Waals surface area (Å²) in [5.41, 5.74) is 0.934. The Labute approximate surface area is 115 Å². The minimum absolute atomic E-state index is 0.419. The van der Waals surface area contributed by atoms with Gasteiger partial charge in [-0.25, -0.2) is 0 Å². The van der Waals surface area contributed by atoms with Gasteiger partial charge >= 0.3 is 6.08 Å². The third-order valence-corrected chi connectivity index (χ3v) is 3.67. The van der Waals surface area contributed by atoms with Crippen molar-refractivity contribution in [2.75, 3.05) is 6.61 Å². The predicted octanol–water partition coefficient (Wildman–Crippen LogP) is 3.52. The van der Waals surface area contributed by atoms with Gasteiger partial charge in [-0.3, -0.25) is 0 Å². The number of oxazole rings is 1. The molecule has 0 radical (unpaired) electrons. The molecule has 0 aliphatic heterocycles. The number of unbranched alkanes of at least 4 members (excludes halogenated alkanes) is 1. The molecular weight excluding hydrogens is 240 g/mol. The van der Waals surface area contributed by atoms with Gasteiger partial charge in [-0.2, -0.15) is 4.98 Å². The lowest BCUT2D eigenvalue weighted by atomic mass is 10.0. The zero-order valence-corrected chi connectivity index (χ0v) is 12.2. The molecule has 1 saturated carbocycles. The fourth-order valence-electron chi connectivity index (χ4n) is 2.06. The van der Waals surface area contributed by atoms with E-state index < -0.39 is 0 Å². The largest absolute Gasteiger partial charge is 0.450 e. The van der Waals surface area contributed by atoms with Crippen molar-refractivity contribution in [3.8, 4) is 6.08 Å². The van der Waals surface area contributed by atoms with Gasteiger partial charge in [0.05, 0.1) is 12.3 Å². The van der Waals surface area contributed by atoms with E-state index >= 15 is 0 Å². The first-order valence-corrected chi connectivity index (χ1v) is 7.62. The van der Waals surface area contributed by atoms with Crippen LogP contribution in [0, 0.1) is 5.92 Å². The Bertz CT molecular complexity index is 361. The molecule has 1 aromatic heterocycles. The molecule has 0 amide bonds. The molecule has 2 rings (SSSR count). The molecule has 108 valence electrons. The van der Waals surface area contributed by atoms with Crippen LogP contribution in [-0.2, 0) is 6.54 Å². The second-order valence-corrected chi connectivity index (χ2v) is 5.49. The molecule has 4 nitrogen and oxygen atoms in total. The molecule has 0 bridgehead atoms. The van der Waals surface area contributed by atoms with E-state index in [1.54, 1.807) is 6.26 Å². The molecule has 1 N–H and O–H groups in total. The molecule has 1 atom stereocenters. The molecule has 0 spiro atoms. The molecule has 0 saturated heterocycles. The lowest BCUT2D eigenvalue weighted by Gasteiger charge is -2.13. The number of rotatable bonds is 10. The maximum absolute atomic E-state index is 5.65. The van der Waals surface area contributed by atoms with E-state index in [0.29, 0.717) is 24.6 Å². The number of ether oxygens (including phenoxy) is 1. The smallest absolute Gasteiger partial charge is 0.393 e. The zero-order valence-electron chi connectivity index (χ0n) is 12.2. The highest BCUT2D eigenvalue weighted by molar-refractivity contribution is 5.00. The SMILES string of the molecule is CCCCC(CC)COc1nc(CNC2CC2)co1. The van der Waals surface area contributed by atoms with Crippen molar-refractivity contribution >= 4 is 0 Å². The lowest BCUT2D eigenvalue weighted by molar-refractivity contribution is 0.179. The molecule has 1 aliphatic rings. The summed E-state index contributed by atoms with van der Waals surface area (Å²) in [6, 6.07) is 0.694. The third-order valence-electron chi connectivity index (χ3n) is 3.67. The molecule has 1 fully saturated rings. The summed E-state index contributed by atoms with van der Waals surface area (Å²) >= 11 is 0. The third kappa shape index (κ3) is 5.23. The zero-order chi connectivity index (χ0) is 13.5. The van der Waals surface area contributed by atoms with Gasteiger partial charge in [0.1, 0.15) is 6.26 Å². The average Bonchev–Trinajstić information content (AvgIpc) is 3.15. The predicted molar refractivity (Wildman–Crippen MR) is 75.2 cm³/mol.